The van der Waals surface area contributed by atoms with Gasteiger partial charge in [0.25, 0.3) is 0 Å². The fourth-order valence-electron chi connectivity index (χ4n) is 2.30. The van der Waals surface area contributed by atoms with E-state index in [-0.39, 0.29) is 18.9 Å². The van der Waals surface area contributed by atoms with E-state index in [4.69, 9.17) is 10.00 Å². The van der Waals surface area contributed by atoms with Gasteiger partial charge in [0, 0.05) is 11.6 Å². The summed E-state index contributed by atoms with van der Waals surface area (Å²) in [6.07, 6.45) is 0. The van der Waals surface area contributed by atoms with Crippen LogP contribution in [0.1, 0.15) is 16.8 Å². The van der Waals surface area contributed by atoms with Crippen LogP contribution in [0.4, 0.5) is 8.78 Å². The summed E-state index contributed by atoms with van der Waals surface area (Å²) in [6, 6.07) is 12.5. The van der Waals surface area contributed by atoms with Crippen LogP contribution in [0.5, 0.6) is 0 Å². The molecule has 7 heteroatoms. The molecule has 0 fully saturated rings. The Labute approximate surface area is 136 Å². The minimum absolute atomic E-state index is 0.0896. The van der Waals surface area contributed by atoms with Crippen molar-refractivity contribution in [2.24, 2.45) is 0 Å². The van der Waals surface area contributed by atoms with Crippen molar-refractivity contribution in [2.75, 3.05) is 0 Å². The zero-order valence-electron chi connectivity index (χ0n) is 12.5. The Bertz CT molecular complexity index is 881. The summed E-state index contributed by atoms with van der Waals surface area (Å²) in [7, 11) is 0. The molecular weight excluding hydrogens is 314 g/mol. The Morgan fingerprint density at radius 3 is 2.50 bits per heavy atom. The molecule has 0 aliphatic rings. The number of aromatic amines is 1. The molecule has 1 heterocycles. The van der Waals surface area contributed by atoms with E-state index in [9.17, 15) is 8.78 Å². The highest BCUT2D eigenvalue weighted by atomic mass is 19.1. The van der Waals surface area contributed by atoms with Crippen LogP contribution in [-0.2, 0) is 18.0 Å². The van der Waals surface area contributed by atoms with Crippen molar-refractivity contribution >= 4 is 0 Å². The fraction of sp³-hybridized carbons (Fsp3) is 0.118. The smallest absolute Gasteiger partial charge is 0.190 e. The van der Waals surface area contributed by atoms with Crippen molar-refractivity contribution in [1.82, 2.24) is 15.4 Å². The van der Waals surface area contributed by atoms with E-state index in [1.165, 1.54) is 12.1 Å². The van der Waals surface area contributed by atoms with Crippen LogP contribution in [0.25, 0.3) is 11.3 Å². The summed E-state index contributed by atoms with van der Waals surface area (Å²) in [6.45, 7) is 0.345. The normalized spacial score (nSPS) is 10.5. The van der Waals surface area contributed by atoms with Gasteiger partial charge >= 0.3 is 0 Å². The van der Waals surface area contributed by atoms with E-state index in [1.54, 1.807) is 0 Å². The lowest BCUT2D eigenvalue weighted by Gasteiger charge is -2.06. The molecule has 24 heavy (non-hydrogen) atoms. The first-order valence-electron chi connectivity index (χ1n) is 7.08. The van der Waals surface area contributed by atoms with E-state index < -0.39 is 11.6 Å². The average Bonchev–Trinajstić information content (AvgIpc) is 3.03. The van der Waals surface area contributed by atoms with E-state index in [1.807, 2.05) is 30.3 Å². The van der Waals surface area contributed by atoms with Gasteiger partial charge in [-0.2, -0.15) is 15.6 Å². The first-order chi connectivity index (χ1) is 11.7. The molecule has 1 N–H and O–H groups in total. The molecule has 1 aromatic heterocycles. The summed E-state index contributed by atoms with van der Waals surface area (Å²) in [4.78, 5) is 0. The van der Waals surface area contributed by atoms with Crippen molar-refractivity contribution in [3.8, 4) is 17.3 Å². The van der Waals surface area contributed by atoms with Gasteiger partial charge in [-0.05, 0) is 29.3 Å². The van der Waals surface area contributed by atoms with Crippen LogP contribution in [0.3, 0.4) is 0 Å². The zero-order valence-corrected chi connectivity index (χ0v) is 12.5. The summed E-state index contributed by atoms with van der Waals surface area (Å²) in [5, 5.41) is 19.1. The molecule has 0 bridgehead atoms. The molecule has 0 aliphatic carbocycles. The number of benzene rings is 2. The summed E-state index contributed by atoms with van der Waals surface area (Å²) < 4.78 is 31.7. The van der Waals surface area contributed by atoms with E-state index in [0.29, 0.717) is 11.3 Å². The maximum absolute atomic E-state index is 13.1. The first-order valence-corrected chi connectivity index (χ1v) is 7.08. The average molecular weight is 326 g/mol. The number of nitrogens with zero attached hydrogens (tertiary/aromatic N) is 3. The van der Waals surface area contributed by atoms with Crippen LogP contribution in [0.2, 0.25) is 0 Å². The van der Waals surface area contributed by atoms with Gasteiger partial charge in [0.2, 0.25) is 0 Å². The van der Waals surface area contributed by atoms with Crippen LogP contribution in [0, 0.1) is 23.0 Å². The van der Waals surface area contributed by atoms with Gasteiger partial charge in [-0.3, -0.25) is 0 Å². The predicted molar refractivity (Wildman–Crippen MR) is 81.4 cm³/mol. The number of ether oxygens (including phenoxy) is 1. The lowest BCUT2D eigenvalue weighted by molar-refractivity contribution is 0.107. The minimum atomic E-state index is -0.634. The molecule has 0 saturated carbocycles. The van der Waals surface area contributed by atoms with Gasteiger partial charge < -0.3 is 4.74 Å². The Morgan fingerprint density at radius 2 is 1.75 bits per heavy atom. The molecule has 0 unspecified atom stereocenters. The number of hydrogen-bond donors (Lipinski definition) is 1. The number of H-pyrrole nitrogens is 1. The molecule has 3 aromatic rings. The SMILES string of the molecule is N#Cc1n[nH]nc1-c1cccc(COCc2cc(F)cc(F)c2)c1. The molecule has 0 atom stereocenters. The third-order valence-corrected chi connectivity index (χ3v) is 3.31. The highest BCUT2D eigenvalue weighted by Gasteiger charge is 2.10. The molecule has 120 valence electrons. The van der Waals surface area contributed by atoms with Crippen LogP contribution >= 0.6 is 0 Å². The van der Waals surface area contributed by atoms with Gasteiger partial charge in [-0.25, -0.2) is 8.78 Å². The maximum atomic E-state index is 13.1. The van der Waals surface area contributed by atoms with Crippen molar-refractivity contribution < 1.29 is 13.5 Å². The zero-order chi connectivity index (χ0) is 16.9. The number of hydrogen-bond acceptors (Lipinski definition) is 4. The number of rotatable bonds is 5. The third kappa shape index (κ3) is 3.62. The van der Waals surface area contributed by atoms with Crippen molar-refractivity contribution in [3.63, 3.8) is 0 Å². The number of aromatic nitrogens is 3. The minimum Gasteiger partial charge on any atom is -0.372 e. The first kappa shape index (κ1) is 15.8. The maximum Gasteiger partial charge on any atom is 0.190 e. The van der Waals surface area contributed by atoms with Gasteiger partial charge in [-0.1, -0.05) is 18.2 Å². The summed E-state index contributed by atoms with van der Waals surface area (Å²) in [5.41, 5.74) is 2.68. The van der Waals surface area contributed by atoms with Crippen LogP contribution in [-0.4, -0.2) is 15.4 Å². The molecule has 0 saturated heterocycles. The van der Waals surface area contributed by atoms with Gasteiger partial charge in [0.05, 0.1) is 13.2 Å². The number of nitriles is 1. The van der Waals surface area contributed by atoms with Crippen LogP contribution < -0.4 is 0 Å². The molecule has 0 radical (unpaired) electrons. The van der Waals surface area contributed by atoms with E-state index in [2.05, 4.69) is 15.4 Å². The second kappa shape index (κ2) is 6.98. The fourth-order valence-corrected chi connectivity index (χ4v) is 2.30. The van der Waals surface area contributed by atoms with Gasteiger partial charge in [-0.15, -0.1) is 5.10 Å². The molecule has 0 amide bonds. The van der Waals surface area contributed by atoms with Crippen molar-refractivity contribution in [2.45, 2.75) is 13.2 Å². The molecule has 0 spiro atoms. The second-order valence-electron chi connectivity index (χ2n) is 5.10. The third-order valence-electron chi connectivity index (χ3n) is 3.31. The van der Waals surface area contributed by atoms with E-state index in [0.717, 1.165) is 17.2 Å². The Morgan fingerprint density at radius 1 is 1.00 bits per heavy atom. The summed E-state index contributed by atoms with van der Waals surface area (Å²) >= 11 is 0. The second-order valence-corrected chi connectivity index (χ2v) is 5.10. The monoisotopic (exact) mass is 326 g/mol. The lowest BCUT2D eigenvalue weighted by Crippen LogP contribution is -1.96. The molecule has 5 nitrogen and oxygen atoms in total. The number of halogens is 2. The van der Waals surface area contributed by atoms with Crippen molar-refractivity contribution in [3.05, 3.63) is 70.9 Å². The topological polar surface area (TPSA) is 74.6 Å². The molecule has 0 aliphatic heterocycles. The number of nitrogens with one attached hydrogen (secondary N) is 1. The Hall–Kier alpha value is -3.11. The lowest BCUT2D eigenvalue weighted by atomic mass is 10.1. The molecule has 2 aromatic carbocycles. The van der Waals surface area contributed by atoms with E-state index >= 15 is 0 Å². The predicted octanol–water partition coefficient (Wildman–Crippen LogP) is 3.34. The van der Waals surface area contributed by atoms with Crippen LogP contribution in [0.15, 0.2) is 42.5 Å². The molecular formula is C17H12F2N4O. The van der Waals surface area contributed by atoms with Crippen molar-refractivity contribution in [1.29, 1.82) is 5.26 Å². The summed E-state index contributed by atoms with van der Waals surface area (Å²) in [5.74, 6) is -1.27. The van der Waals surface area contributed by atoms with Gasteiger partial charge in [0.15, 0.2) is 5.69 Å². The highest BCUT2D eigenvalue weighted by Crippen LogP contribution is 2.21. The largest absolute Gasteiger partial charge is 0.372 e. The molecule has 3 rings (SSSR count). The Balaban J connectivity index is 1.68. The standard InChI is InChI=1S/C17H12F2N4O/c18-14-5-12(6-15(19)7-14)10-24-9-11-2-1-3-13(4-11)17-16(8-20)21-23-22-17/h1-7H,9-10H2,(H,21,22,23). The van der Waals surface area contributed by atoms with Gasteiger partial charge in [0.1, 0.15) is 23.4 Å². The highest BCUT2D eigenvalue weighted by molar-refractivity contribution is 5.64. The Kier molecular flexibility index (Phi) is 4.59. The quantitative estimate of drug-likeness (QED) is 0.780.